The standard InChI is InChI=1S/C22H23NO2S2/c1-5-25-19-11-15(4)16(12-18(19)14(2)3)13-20-21(24)23(22(26)27-20)17-9-7-6-8-10-17/h6-14H,5H2,1-4H3. The lowest BCUT2D eigenvalue weighted by Gasteiger charge is -2.16. The molecule has 0 unspecified atom stereocenters. The summed E-state index contributed by atoms with van der Waals surface area (Å²) in [7, 11) is 0. The second-order valence-electron chi connectivity index (χ2n) is 6.69. The van der Waals surface area contributed by atoms with E-state index in [-0.39, 0.29) is 5.91 Å². The number of amides is 1. The molecule has 1 heterocycles. The molecule has 0 atom stereocenters. The zero-order chi connectivity index (χ0) is 19.6. The summed E-state index contributed by atoms with van der Waals surface area (Å²) in [5, 5.41) is 0. The maximum absolute atomic E-state index is 12.9. The molecule has 1 saturated heterocycles. The van der Waals surface area contributed by atoms with Crippen LogP contribution in [0.25, 0.3) is 6.08 Å². The molecule has 1 amide bonds. The normalized spacial score (nSPS) is 15.9. The molecule has 0 N–H and O–H groups in total. The first-order valence-corrected chi connectivity index (χ1v) is 10.2. The van der Waals surface area contributed by atoms with Crippen molar-refractivity contribution in [3.63, 3.8) is 0 Å². The van der Waals surface area contributed by atoms with Gasteiger partial charge < -0.3 is 4.74 Å². The molecule has 0 saturated carbocycles. The molecule has 0 aliphatic carbocycles. The smallest absolute Gasteiger partial charge is 0.270 e. The van der Waals surface area contributed by atoms with Gasteiger partial charge in [0.25, 0.3) is 5.91 Å². The summed E-state index contributed by atoms with van der Waals surface area (Å²) in [6.07, 6.45) is 1.94. The fourth-order valence-electron chi connectivity index (χ4n) is 3.01. The number of hydrogen-bond acceptors (Lipinski definition) is 4. The Morgan fingerprint density at radius 2 is 1.93 bits per heavy atom. The van der Waals surface area contributed by atoms with E-state index in [9.17, 15) is 4.79 Å². The molecule has 0 aromatic heterocycles. The maximum Gasteiger partial charge on any atom is 0.270 e. The zero-order valence-corrected chi connectivity index (χ0v) is 17.6. The fourth-order valence-corrected chi connectivity index (χ4v) is 4.30. The Morgan fingerprint density at radius 1 is 1.22 bits per heavy atom. The molecule has 0 spiro atoms. The van der Waals surface area contributed by atoms with Crippen molar-refractivity contribution in [2.75, 3.05) is 11.5 Å². The van der Waals surface area contributed by atoms with E-state index in [2.05, 4.69) is 26.0 Å². The van der Waals surface area contributed by atoms with Gasteiger partial charge in [0, 0.05) is 0 Å². The van der Waals surface area contributed by atoms with E-state index < -0.39 is 0 Å². The Balaban J connectivity index is 1.98. The highest BCUT2D eigenvalue weighted by atomic mass is 32.2. The predicted molar refractivity (Wildman–Crippen MR) is 119 cm³/mol. The quantitative estimate of drug-likeness (QED) is 0.462. The van der Waals surface area contributed by atoms with Crippen LogP contribution in [0, 0.1) is 6.92 Å². The van der Waals surface area contributed by atoms with Crippen molar-refractivity contribution < 1.29 is 9.53 Å². The Bertz CT molecular complexity index is 904. The predicted octanol–water partition coefficient (Wildman–Crippen LogP) is 5.92. The topological polar surface area (TPSA) is 29.5 Å². The summed E-state index contributed by atoms with van der Waals surface area (Å²) in [6, 6.07) is 13.7. The van der Waals surface area contributed by atoms with E-state index in [0.717, 1.165) is 28.1 Å². The first kappa shape index (κ1) is 19.6. The number of carbonyl (C=O) groups excluding carboxylic acids is 1. The molecule has 2 aromatic carbocycles. The molecule has 0 bridgehead atoms. The van der Waals surface area contributed by atoms with E-state index in [1.165, 1.54) is 11.8 Å². The van der Waals surface area contributed by atoms with Gasteiger partial charge in [-0.25, -0.2) is 0 Å². The minimum absolute atomic E-state index is 0.0735. The lowest BCUT2D eigenvalue weighted by Crippen LogP contribution is -2.27. The van der Waals surface area contributed by atoms with Crippen molar-refractivity contribution in [1.29, 1.82) is 0 Å². The number of thiocarbonyl (C=S) groups is 1. The lowest BCUT2D eigenvalue weighted by molar-refractivity contribution is -0.113. The summed E-state index contributed by atoms with van der Waals surface area (Å²) < 4.78 is 6.36. The first-order chi connectivity index (χ1) is 12.9. The monoisotopic (exact) mass is 397 g/mol. The van der Waals surface area contributed by atoms with Gasteiger partial charge in [-0.15, -0.1) is 0 Å². The Morgan fingerprint density at radius 3 is 2.56 bits per heavy atom. The fraction of sp³-hybridized carbons (Fsp3) is 0.273. The number of carbonyl (C=O) groups is 1. The number of nitrogens with zero attached hydrogens (tertiary/aromatic N) is 1. The van der Waals surface area contributed by atoms with E-state index >= 15 is 0 Å². The number of para-hydroxylation sites is 1. The van der Waals surface area contributed by atoms with Crippen molar-refractivity contribution in [3.8, 4) is 5.75 Å². The van der Waals surface area contributed by atoms with Gasteiger partial charge in [0.1, 0.15) is 5.75 Å². The van der Waals surface area contributed by atoms with Crippen LogP contribution >= 0.6 is 24.0 Å². The van der Waals surface area contributed by atoms with Crippen molar-refractivity contribution >= 4 is 46.0 Å². The third-order valence-corrected chi connectivity index (χ3v) is 5.72. The number of rotatable bonds is 5. The van der Waals surface area contributed by atoms with Crippen LogP contribution in [0.4, 0.5) is 5.69 Å². The van der Waals surface area contributed by atoms with Crippen LogP contribution in [0.1, 0.15) is 43.4 Å². The third kappa shape index (κ3) is 4.09. The molecule has 3 rings (SSSR count). The van der Waals surface area contributed by atoms with Crippen LogP contribution in [0.2, 0.25) is 0 Å². The van der Waals surface area contributed by atoms with Crippen LogP contribution in [0.3, 0.4) is 0 Å². The molecule has 27 heavy (non-hydrogen) atoms. The molecule has 1 aliphatic rings. The summed E-state index contributed by atoms with van der Waals surface area (Å²) >= 11 is 6.80. The molecular formula is C22H23NO2S2. The summed E-state index contributed by atoms with van der Waals surface area (Å²) in [5.74, 6) is 1.17. The van der Waals surface area contributed by atoms with Gasteiger partial charge in [0.15, 0.2) is 4.32 Å². The largest absolute Gasteiger partial charge is 0.494 e. The lowest BCUT2D eigenvalue weighted by atomic mass is 9.96. The van der Waals surface area contributed by atoms with Gasteiger partial charge in [-0.1, -0.05) is 56.0 Å². The Hall–Kier alpha value is -2.11. The number of anilines is 1. The van der Waals surface area contributed by atoms with Crippen molar-refractivity contribution in [2.45, 2.75) is 33.6 Å². The van der Waals surface area contributed by atoms with E-state index in [0.29, 0.717) is 21.8 Å². The molecule has 1 aliphatic heterocycles. The van der Waals surface area contributed by atoms with E-state index in [1.807, 2.05) is 50.3 Å². The molecule has 1 fully saturated rings. The Labute approximate surface area is 170 Å². The van der Waals surface area contributed by atoms with Crippen LogP contribution < -0.4 is 9.64 Å². The van der Waals surface area contributed by atoms with E-state index in [4.69, 9.17) is 17.0 Å². The van der Waals surface area contributed by atoms with Crippen LogP contribution in [0.5, 0.6) is 5.75 Å². The van der Waals surface area contributed by atoms with Crippen molar-refractivity contribution in [2.24, 2.45) is 0 Å². The maximum atomic E-state index is 12.9. The average molecular weight is 398 g/mol. The molecule has 5 heteroatoms. The number of ether oxygens (including phenoxy) is 1. The minimum atomic E-state index is -0.0735. The highest BCUT2D eigenvalue weighted by molar-refractivity contribution is 8.27. The Kier molecular flexibility index (Phi) is 6.02. The second-order valence-corrected chi connectivity index (χ2v) is 8.36. The molecular weight excluding hydrogens is 374 g/mol. The summed E-state index contributed by atoms with van der Waals surface area (Å²) in [6.45, 7) is 8.95. The van der Waals surface area contributed by atoms with Crippen LogP contribution in [-0.4, -0.2) is 16.8 Å². The number of benzene rings is 2. The first-order valence-electron chi connectivity index (χ1n) is 9.02. The molecule has 2 aromatic rings. The van der Waals surface area contributed by atoms with Crippen molar-refractivity contribution in [1.82, 2.24) is 0 Å². The van der Waals surface area contributed by atoms with Gasteiger partial charge in [-0.3, -0.25) is 9.69 Å². The van der Waals surface area contributed by atoms with Crippen LogP contribution in [-0.2, 0) is 4.79 Å². The van der Waals surface area contributed by atoms with Gasteiger partial charge in [0.2, 0.25) is 0 Å². The van der Waals surface area contributed by atoms with Gasteiger partial charge in [-0.05, 0) is 66.8 Å². The highest BCUT2D eigenvalue weighted by Crippen LogP contribution is 2.37. The zero-order valence-electron chi connectivity index (χ0n) is 16.0. The number of aryl methyl sites for hydroxylation is 1. The molecule has 3 nitrogen and oxygen atoms in total. The minimum Gasteiger partial charge on any atom is -0.494 e. The average Bonchev–Trinajstić information content (AvgIpc) is 2.91. The number of thioether (sulfide) groups is 1. The van der Waals surface area contributed by atoms with Gasteiger partial charge in [-0.2, -0.15) is 0 Å². The SMILES string of the molecule is CCOc1cc(C)c(C=C2SC(=S)N(c3ccccc3)C2=O)cc1C(C)C. The molecule has 140 valence electrons. The van der Waals surface area contributed by atoms with Gasteiger partial charge in [0.05, 0.1) is 17.2 Å². The van der Waals surface area contributed by atoms with Gasteiger partial charge >= 0.3 is 0 Å². The second kappa shape index (κ2) is 8.28. The summed E-state index contributed by atoms with van der Waals surface area (Å²) in [4.78, 5) is 15.2. The number of hydrogen-bond donors (Lipinski definition) is 0. The van der Waals surface area contributed by atoms with Crippen LogP contribution in [0.15, 0.2) is 47.4 Å². The highest BCUT2D eigenvalue weighted by Gasteiger charge is 2.33. The third-order valence-electron chi connectivity index (χ3n) is 4.42. The summed E-state index contributed by atoms with van der Waals surface area (Å²) in [5.41, 5.74) is 4.05. The van der Waals surface area contributed by atoms with E-state index in [1.54, 1.807) is 4.90 Å². The van der Waals surface area contributed by atoms with Crippen molar-refractivity contribution in [3.05, 3.63) is 64.1 Å². The molecule has 0 radical (unpaired) electrons.